The van der Waals surface area contributed by atoms with Gasteiger partial charge >= 0.3 is 0 Å². The summed E-state index contributed by atoms with van der Waals surface area (Å²) in [4.78, 5) is 12.2. The van der Waals surface area contributed by atoms with Gasteiger partial charge in [0.05, 0.1) is 21.3 Å². The van der Waals surface area contributed by atoms with Crippen molar-refractivity contribution in [1.29, 1.82) is 0 Å². The highest BCUT2D eigenvalue weighted by Crippen LogP contribution is 2.38. The van der Waals surface area contributed by atoms with Crippen LogP contribution in [0.15, 0.2) is 36.4 Å². The molecule has 28 heavy (non-hydrogen) atoms. The van der Waals surface area contributed by atoms with E-state index < -0.39 is 0 Å². The van der Waals surface area contributed by atoms with Gasteiger partial charge in [-0.2, -0.15) is 0 Å². The molecular weight excluding hydrogens is 384 g/mol. The summed E-state index contributed by atoms with van der Waals surface area (Å²) < 4.78 is 21.4. The minimum absolute atomic E-state index is 0. The summed E-state index contributed by atoms with van der Waals surface area (Å²) in [5.41, 5.74) is 7.04. The second kappa shape index (κ2) is 11.9. The first-order valence-electron chi connectivity index (χ1n) is 8.63. The maximum Gasteiger partial charge on any atom is 0.224 e. The lowest BCUT2D eigenvalue weighted by Gasteiger charge is -2.14. The molecule has 0 aromatic heterocycles. The summed E-state index contributed by atoms with van der Waals surface area (Å²) in [5.74, 6) is 2.31. The molecule has 7 nitrogen and oxygen atoms in total. The van der Waals surface area contributed by atoms with Crippen LogP contribution in [0.2, 0.25) is 0 Å². The molecule has 0 aliphatic heterocycles. The number of aryl methyl sites for hydroxylation is 1. The van der Waals surface area contributed by atoms with E-state index in [1.54, 1.807) is 45.6 Å². The third-order valence-electron chi connectivity index (χ3n) is 3.89. The highest BCUT2D eigenvalue weighted by molar-refractivity contribution is 5.90. The van der Waals surface area contributed by atoms with Gasteiger partial charge < -0.3 is 30.0 Å². The number of benzene rings is 2. The molecule has 0 aliphatic carbocycles. The van der Waals surface area contributed by atoms with E-state index in [1.165, 1.54) is 0 Å². The third kappa shape index (κ3) is 6.51. The molecule has 0 atom stereocenters. The number of amides is 1. The number of carbonyl (C=O) groups excluding carboxylic acids is 1. The van der Waals surface area contributed by atoms with Crippen molar-refractivity contribution in [3.05, 3.63) is 42.0 Å². The zero-order valence-corrected chi connectivity index (χ0v) is 17.1. The Morgan fingerprint density at radius 1 is 1.00 bits per heavy atom. The van der Waals surface area contributed by atoms with E-state index in [0.717, 1.165) is 11.3 Å². The Balaban J connectivity index is 0.00000392. The molecule has 0 spiro atoms. The van der Waals surface area contributed by atoms with Crippen LogP contribution in [0.1, 0.15) is 12.0 Å². The van der Waals surface area contributed by atoms with Crippen molar-refractivity contribution in [2.24, 2.45) is 5.73 Å². The highest BCUT2D eigenvalue weighted by Gasteiger charge is 2.14. The molecule has 2 aromatic carbocycles. The number of anilines is 1. The van der Waals surface area contributed by atoms with E-state index >= 15 is 0 Å². The SMILES string of the molecule is COc1cc(CCC(=O)Nc2ccc(OCCN)cc2)cc(OC)c1OC.Cl. The van der Waals surface area contributed by atoms with Gasteiger partial charge in [0, 0.05) is 18.7 Å². The number of halogens is 1. The molecule has 0 bridgehead atoms. The molecule has 3 N–H and O–H groups in total. The van der Waals surface area contributed by atoms with Crippen LogP contribution in [0.4, 0.5) is 5.69 Å². The maximum absolute atomic E-state index is 12.2. The Kier molecular flexibility index (Phi) is 9.98. The molecule has 1 amide bonds. The zero-order valence-electron chi connectivity index (χ0n) is 16.3. The average molecular weight is 411 g/mol. The zero-order chi connectivity index (χ0) is 19.6. The molecule has 8 heteroatoms. The smallest absolute Gasteiger partial charge is 0.224 e. The Bertz CT molecular complexity index is 728. The van der Waals surface area contributed by atoms with E-state index in [9.17, 15) is 4.79 Å². The summed E-state index contributed by atoms with van der Waals surface area (Å²) in [6.45, 7) is 0.917. The molecule has 0 saturated heterocycles. The average Bonchev–Trinajstić information content (AvgIpc) is 2.70. The van der Waals surface area contributed by atoms with E-state index in [4.69, 9.17) is 24.7 Å². The number of ether oxygens (including phenoxy) is 4. The van der Waals surface area contributed by atoms with Gasteiger partial charge in [-0.3, -0.25) is 4.79 Å². The fourth-order valence-electron chi connectivity index (χ4n) is 2.57. The lowest BCUT2D eigenvalue weighted by molar-refractivity contribution is -0.116. The van der Waals surface area contributed by atoms with Crippen LogP contribution in [0.3, 0.4) is 0 Å². The predicted molar refractivity (Wildman–Crippen MR) is 111 cm³/mol. The Morgan fingerprint density at radius 3 is 2.11 bits per heavy atom. The van der Waals surface area contributed by atoms with Gasteiger partial charge in [0.1, 0.15) is 12.4 Å². The largest absolute Gasteiger partial charge is 0.493 e. The second-order valence-electron chi connectivity index (χ2n) is 5.74. The number of nitrogens with two attached hydrogens (primary N) is 1. The molecular formula is C20H27ClN2O5. The van der Waals surface area contributed by atoms with Gasteiger partial charge in [-0.05, 0) is 48.4 Å². The lowest BCUT2D eigenvalue weighted by Crippen LogP contribution is -2.13. The molecule has 2 aromatic rings. The number of methoxy groups -OCH3 is 3. The summed E-state index contributed by atoms with van der Waals surface area (Å²) in [6.07, 6.45) is 0.865. The van der Waals surface area contributed by atoms with Crippen LogP contribution in [0.25, 0.3) is 0 Å². The Hall–Kier alpha value is -2.64. The van der Waals surface area contributed by atoms with Crippen LogP contribution in [-0.2, 0) is 11.2 Å². The highest BCUT2D eigenvalue weighted by atomic mass is 35.5. The van der Waals surface area contributed by atoms with Crippen molar-refractivity contribution in [2.75, 3.05) is 39.8 Å². The lowest BCUT2D eigenvalue weighted by atomic mass is 10.1. The van der Waals surface area contributed by atoms with E-state index in [-0.39, 0.29) is 18.3 Å². The minimum Gasteiger partial charge on any atom is -0.493 e. The number of rotatable bonds is 10. The number of carbonyl (C=O) groups is 1. The summed E-state index contributed by atoms with van der Waals surface area (Å²) in [6, 6.07) is 10.9. The predicted octanol–water partition coefficient (Wildman–Crippen LogP) is 3.04. The molecule has 0 aliphatic rings. The topological polar surface area (TPSA) is 92.0 Å². The van der Waals surface area contributed by atoms with Crippen LogP contribution < -0.4 is 30.0 Å². The van der Waals surface area contributed by atoms with Gasteiger partial charge in [-0.1, -0.05) is 0 Å². The Labute approximate surface area is 171 Å². The van der Waals surface area contributed by atoms with Crippen molar-refractivity contribution in [1.82, 2.24) is 0 Å². The van der Waals surface area contributed by atoms with Crippen molar-refractivity contribution < 1.29 is 23.7 Å². The second-order valence-corrected chi connectivity index (χ2v) is 5.74. The molecule has 0 unspecified atom stereocenters. The number of hydrogen-bond donors (Lipinski definition) is 2. The fraction of sp³-hybridized carbons (Fsp3) is 0.350. The van der Waals surface area contributed by atoms with Crippen LogP contribution in [-0.4, -0.2) is 40.4 Å². The summed E-state index contributed by atoms with van der Waals surface area (Å²) >= 11 is 0. The molecule has 0 saturated carbocycles. The number of hydrogen-bond acceptors (Lipinski definition) is 6. The third-order valence-corrected chi connectivity index (χ3v) is 3.89. The minimum atomic E-state index is -0.0839. The normalized spacial score (nSPS) is 9.86. The molecule has 154 valence electrons. The van der Waals surface area contributed by atoms with Gasteiger partial charge in [0.25, 0.3) is 0 Å². The van der Waals surface area contributed by atoms with Crippen molar-refractivity contribution in [2.45, 2.75) is 12.8 Å². The molecule has 0 heterocycles. The quantitative estimate of drug-likeness (QED) is 0.625. The maximum atomic E-state index is 12.2. The summed E-state index contributed by atoms with van der Waals surface area (Å²) in [5, 5.41) is 2.87. The number of nitrogens with one attached hydrogen (secondary N) is 1. The molecule has 0 radical (unpaired) electrons. The van der Waals surface area contributed by atoms with E-state index in [1.807, 2.05) is 12.1 Å². The van der Waals surface area contributed by atoms with E-state index in [2.05, 4.69) is 5.32 Å². The van der Waals surface area contributed by atoms with Crippen LogP contribution >= 0.6 is 12.4 Å². The van der Waals surface area contributed by atoms with Crippen molar-refractivity contribution in [3.63, 3.8) is 0 Å². The van der Waals surface area contributed by atoms with Gasteiger partial charge in [-0.15, -0.1) is 12.4 Å². The molecule has 2 rings (SSSR count). The Morgan fingerprint density at radius 2 is 1.61 bits per heavy atom. The molecule has 0 fully saturated rings. The van der Waals surface area contributed by atoms with Crippen molar-refractivity contribution in [3.8, 4) is 23.0 Å². The van der Waals surface area contributed by atoms with E-state index in [0.29, 0.717) is 48.9 Å². The van der Waals surface area contributed by atoms with Crippen molar-refractivity contribution >= 4 is 24.0 Å². The summed E-state index contributed by atoms with van der Waals surface area (Å²) in [7, 11) is 4.68. The first kappa shape index (κ1) is 23.4. The van der Waals surface area contributed by atoms with Gasteiger partial charge in [-0.25, -0.2) is 0 Å². The first-order chi connectivity index (χ1) is 13.1. The van der Waals surface area contributed by atoms with Crippen LogP contribution in [0.5, 0.6) is 23.0 Å². The first-order valence-corrected chi connectivity index (χ1v) is 8.63. The standard InChI is InChI=1S/C20H26N2O5.ClH/c1-24-17-12-14(13-18(25-2)20(17)26-3)4-9-19(23)22-15-5-7-16(8-6-15)27-11-10-21;/h5-8,12-13H,4,9-11,21H2,1-3H3,(H,22,23);1H. The van der Waals surface area contributed by atoms with Crippen LogP contribution in [0, 0.1) is 0 Å². The van der Waals surface area contributed by atoms with Gasteiger partial charge in [0.15, 0.2) is 11.5 Å². The fourth-order valence-corrected chi connectivity index (χ4v) is 2.57. The monoisotopic (exact) mass is 410 g/mol. The van der Waals surface area contributed by atoms with Gasteiger partial charge in [0.2, 0.25) is 11.7 Å².